The van der Waals surface area contributed by atoms with Gasteiger partial charge in [0, 0.05) is 30.5 Å². The number of aryl methyl sites for hydroxylation is 1. The summed E-state index contributed by atoms with van der Waals surface area (Å²) in [6.07, 6.45) is 3.38. The van der Waals surface area contributed by atoms with Gasteiger partial charge in [-0.3, -0.25) is 4.79 Å². The van der Waals surface area contributed by atoms with Gasteiger partial charge in [-0.05, 0) is 38.3 Å². The second-order valence-electron chi connectivity index (χ2n) is 6.74. The highest BCUT2D eigenvalue weighted by molar-refractivity contribution is 7.99. The average Bonchev–Trinajstić information content (AvgIpc) is 3.25. The molecule has 0 saturated carbocycles. The third kappa shape index (κ3) is 3.23. The van der Waals surface area contributed by atoms with E-state index < -0.39 is 0 Å². The summed E-state index contributed by atoms with van der Waals surface area (Å²) in [6.45, 7) is 2.97. The molecule has 136 valence electrons. The molecule has 1 atom stereocenters. The number of para-hydroxylation sites is 1. The summed E-state index contributed by atoms with van der Waals surface area (Å²) in [7, 11) is 1.98. The number of rotatable bonds is 4. The van der Waals surface area contributed by atoms with E-state index in [2.05, 4.69) is 29.3 Å². The molecule has 3 heterocycles. The predicted molar refractivity (Wildman–Crippen MR) is 102 cm³/mol. The van der Waals surface area contributed by atoms with E-state index in [0.29, 0.717) is 22.9 Å². The van der Waals surface area contributed by atoms with Crippen LogP contribution in [0.25, 0.3) is 22.5 Å². The number of aromatic nitrogens is 3. The first-order valence-electron chi connectivity index (χ1n) is 8.94. The van der Waals surface area contributed by atoms with E-state index in [1.54, 1.807) is 0 Å². The van der Waals surface area contributed by atoms with E-state index in [-0.39, 0.29) is 5.91 Å². The Bertz CT molecular complexity index is 933. The van der Waals surface area contributed by atoms with Gasteiger partial charge in [0.2, 0.25) is 5.91 Å². The zero-order valence-corrected chi connectivity index (χ0v) is 15.8. The van der Waals surface area contributed by atoms with Gasteiger partial charge in [0.25, 0.3) is 11.1 Å². The third-order valence-electron chi connectivity index (χ3n) is 5.02. The fourth-order valence-electron chi connectivity index (χ4n) is 3.54. The minimum absolute atomic E-state index is 0.145. The number of hydrogen-bond donors (Lipinski definition) is 0. The fraction of sp³-hybridized carbons (Fsp3) is 0.421. The summed E-state index contributed by atoms with van der Waals surface area (Å²) in [6, 6.07) is 10.5. The molecular formula is C19H22N4O2S. The van der Waals surface area contributed by atoms with Crippen molar-refractivity contribution >= 4 is 28.6 Å². The van der Waals surface area contributed by atoms with Gasteiger partial charge in [-0.15, -0.1) is 10.2 Å². The molecule has 3 aromatic rings. The van der Waals surface area contributed by atoms with Crippen LogP contribution in [0.5, 0.6) is 0 Å². The molecule has 26 heavy (non-hydrogen) atoms. The SMILES string of the molecule is CC1CCCCN1C(=O)CSc1nnc(-c2cc3ccccc3n2C)o1. The zero-order valence-electron chi connectivity index (χ0n) is 15.0. The highest BCUT2D eigenvalue weighted by Gasteiger charge is 2.24. The highest BCUT2D eigenvalue weighted by atomic mass is 32.2. The number of likely N-dealkylation sites (tertiary alicyclic amines) is 1. The number of benzene rings is 1. The van der Waals surface area contributed by atoms with Gasteiger partial charge in [0.1, 0.15) is 5.69 Å². The molecule has 0 N–H and O–H groups in total. The molecule has 2 aromatic heterocycles. The van der Waals surface area contributed by atoms with Gasteiger partial charge in [-0.1, -0.05) is 30.0 Å². The molecule has 1 aliphatic heterocycles. The summed E-state index contributed by atoms with van der Waals surface area (Å²) < 4.78 is 7.83. The van der Waals surface area contributed by atoms with Crippen LogP contribution < -0.4 is 0 Å². The highest BCUT2D eigenvalue weighted by Crippen LogP contribution is 2.28. The molecule has 1 fully saturated rings. The van der Waals surface area contributed by atoms with Crippen LogP contribution in [0.2, 0.25) is 0 Å². The zero-order chi connectivity index (χ0) is 18.1. The lowest BCUT2D eigenvalue weighted by atomic mass is 10.0. The lowest BCUT2D eigenvalue weighted by molar-refractivity contribution is -0.131. The smallest absolute Gasteiger partial charge is 0.277 e. The van der Waals surface area contributed by atoms with Crippen LogP contribution in [0.15, 0.2) is 40.0 Å². The van der Waals surface area contributed by atoms with Crippen LogP contribution in [0.4, 0.5) is 0 Å². The van der Waals surface area contributed by atoms with Crippen LogP contribution in [0.1, 0.15) is 26.2 Å². The van der Waals surface area contributed by atoms with E-state index in [1.165, 1.54) is 18.2 Å². The molecule has 0 radical (unpaired) electrons. The Morgan fingerprint density at radius 2 is 2.15 bits per heavy atom. The van der Waals surface area contributed by atoms with Crippen molar-refractivity contribution in [2.75, 3.05) is 12.3 Å². The Balaban J connectivity index is 1.46. The van der Waals surface area contributed by atoms with Gasteiger partial charge in [-0.25, -0.2) is 0 Å². The van der Waals surface area contributed by atoms with Crippen molar-refractivity contribution in [3.63, 3.8) is 0 Å². The van der Waals surface area contributed by atoms with Gasteiger partial charge in [0.05, 0.1) is 5.75 Å². The molecule has 1 aliphatic rings. The minimum atomic E-state index is 0.145. The van der Waals surface area contributed by atoms with Crippen LogP contribution in [-0.4, -0.2) is 43.9 Å². The van der Waals surface area contributed by atoms with Gasteiger partial charge in [0.15, 0.2) is 0 Å². The van der Waals surface area contributed by atoms with E-state index in [9.17, 15) is 4.79 Å². The Hall–Kier alpha value is -2.28. The maximum absolute atomic E-state index is 12.4. The molecule has 1 aromatic carbocycles. The quantitative estimate of drug-likeness (QED) is 0.655. The number of carbonyl (C=O) groups is 1. The van der Waals surface area contributed by atoms with E-state index >= 15 is 0 Å². The van der Waals surface area contributed by atoms with Crippen molar-refractivity contribution in [1.29, 1.82) is 0 Å². The van der Waals surface area contributed by atoms with Crippen molar-refractivity contribution < 1.29 is 9.21 Å². The summed E-state index contributed by atoms with van der Waals surface area (Å²) in [5.41, 5.74) is 1.99. The van der Waals surface area contributed by atoms with E-state index in [0.717, 1.165) is 36.0 Å². The lowest BCUT2D eigenvalue weighted by Crippen LogP contribution is -2.42. The Morgan fingerprint density at radius 1 is 1.31 bits per heavy atom. The van der Waals surface area contributed by atoms with E-state index in [1.807, 2.05) is 34.7 Å². The van der Waals surface area contributed by atoms with Gasteiger partial charge in [-0.2, -0.15) is 0 Å². The van der Waals surface area contributed by atoms with Crippen LogP contribution in [0, 0.1) is 0 Å². The molecule has 1 amide bonds. The summed E-state index contributed by atoms with van der Waals surface area (Å²) >= 11 is 1.31. The predicted octanol–water partition coefficient (Wildman–Crippen LogP) is 3.72. The number of piperidine rings is 1. The van der Waals surface area contributed by atoms with Crippen LogP contribution in [-0.2, 0) is 11.8 Å². The molecule has 0 spiro atoms. The topological polar surface area (TPSA) is 64.2 Å². The average molecular weight is 370 g/mol. The first-order chi connectivity index (χ1) is 12.6. The van der Waals surface area contributed by atoms with Crippen molar-refractivity contribution in [1.82, 2.24) is 19.7 Å². The molecule has 4 rings (SSSR count). The Morgan fingerprint density at radius 3 is 2.96 bits per heavy atom. The Kier molecular flexibility index (Phi) is 4.72. The molecule has 0 aliphatic carbocycles. The van der Waals surface area contributed by atoms with Crippen molar-refractivity contribution in [2.45, 2.75) is 37.5 Å². The maximum atomic E-state index is 12.4. The number of carbonyl (C=O) groups excluding carboxylic acids is 1. The molecule has 7 heteroatoms. The molecular weight excluding hydrogens is 348 g/mol. The third-order valence-corrected chi connectivity index (χ3v) is 5.82. The summed E-state index contributed by atoms with van der Waals surface area (Å²) in [4.78, 5) is 14.4. The molecule has 6 nitrogen and oxygen atoms in total. The number of fused-ring (bicyclic) bond motifs is 1. The van der Waals surface area contributed by atoms with Crippen LogP contribution in [0.3, 0.4) is 0 Å². The second kappa shape index (κ2) is 7.15. The first-order valence-corrected chi connectivity index (χ1v) is 9.92. The minimum Gasteiger partial charge on any atom is -0.410 e. The largest absolute Gasteiger partial charge is 0.410 e. The fourth-order valence-corrected chi connectivity index (χ4v) is 4.19. The summed E-state index contributed by atoms with van der Waals surface area (Å²) in [5.74, 6) is 0.956. The summed E-state index contributed by atoms with van der Waals surface area (Å²) in [5, 5.41) is 9.83. The maximum Gasteiger partial charge on any atom is 0.277 e. The van der Waals surface area contributed by atoms with E-state index in [4.69, 9.17) is 4.42 Å². The molecule has 1 unspecified atom stereocenters. The Labute approximate surface area is 156 Å². The number of amides is 1. The molecule has 0 bridgehead atoms. The lowest BCUT2D eigenvalue weighted by Gasteiger charge is -2.33. The van der Waals surface area contributed by atoms with Crippen LogP contribution >= 0.6 is 11.8 Å². The van der Waals surface area contributed by atoms with Gasteiger partial charge >= 0.3 is 0 Å². The van der Waals surface area contributed by atoms with Crippen molar-refractivity contribution in [2.24, 2.45) is 7.05 Å². The van der Waals surface area contributed by atoms with Crippen molar-refractivity contribution in [3.8, 4) is 11.6 Å². The number of thioether (sulfide) groups is 1. The second-order valence-corrected chi connectivity index (χ2v) is 7.67. The monoisotopic (exact) mass is 370 g/mol. The standard InChI is InChI=1S/C19H22N4O2S/c1-13-7-5-6-10-23(13)17(24)12-26-19-21-20-18(25-19)16-11-14-8-3-4-9-15(14)22(16)2/h3-4,8-9,11,13H,5-7,10,12H2,1-2H3. The molecule has 1 saturated heterocycles. The normalized spacial score (nSPS) is 17.8. The number of hydrogen-bond acceptors (Lipinski definition) is 5. The number of nitrogens with zero attached hydrogens (tertiary/aromatic N) is 4. The van der Waals surface area contributed by atoms with Crippen molar-refractivity contribution in [3.05, 3.63) is 30.3 Å². The van der Waals surface area contributed by atoms with Gasteiger partial charge < -0.3 is 13.9 Å². The first kappa shape index (κ1) is 17.1.